The monoisotopic (exact) mass is 245 g/mol. The summed E-state index contributed by atoms with van der Waals surface area (Å²) in [4.78, 5) is 11.8. The van der Waals surface area contributed by atoms with E-state index in [9.17, 15) is 4.79 Å². The number of hydrogen-bond donors (Lipinski definition) is 1. The fraction of sp³-hybridized carbons (Fsp3) is 0.923. The van der Waals surface area contributed by atoms with Gasteiger partial charge in [-0.1, -0.05) is 26.7 Å². The van der Waals surface area contributed by atoms with Gasteiger partial charge in [-0.05, 0) is 31.1 Å². The molecular formula is C13H24ClNO. The number of rotatable bonds is 6. The molecule has 0 spiro atoms. The largest absolute Gasteiger partial charge is 0.355 e. The number of carbonyl (C=O) groups excluding carboxylic acids is 1. The second kappa shape index (κ2) is 6.48. The highest BCUT2D eigenvalue weighted by Gasteiger charge is 2.24. The van der Waals surface area contributed by atoms with E-state index in [1.54, 1.807) is 0 Å². The van der Waals surface area contributed by atoms with Crippen molar-refractivity contribution in [3.63, 3.8) is 0 Å². The summed E-state index contributed by atoms with van der Waals surface area (Å²) in [7, 11) is 0. The quantitative estimate of drug-likeness (QED) is 0.715. The first-order chi connectivity index (χ1) is 7.55. The normalized spacial score (nSPS) is 17.7. The van der Waals surface area contributed by atoms with E-state index >= 15 is 0 Å². The van der Waals surface area contributed by atoms with Crippen LogP contribution in [0.25, 0.3) is 0 Å². The molecule has 1 amide bonds. The molecule has 1 saturated carbocycles. The third kappa shape index (κ3) is 4.73. The molecule has 0 aromatic rings. The zero-order chi connectivity index (χ0) is 12.0. The Bertz CT molecular complexity index is 222. The Morgan fingerprint density at radius 1 is 1.38 bits per heavy atom. The molecule has 2 nitrogen and oxygen atoms in total. The van der Waals surface area contributed by atoms with Crippen LogP contribution in [0.2, 0.25) is 0 Å². The van der Waals surface area contributed by atoms with Crippen molar-refractivity contribution >= 4 is 17.5 Å². The first kappa shape index (κ1) is 13.8. The van der Waals surface area contributed by atoms with Crippen LogP contribution in [-0.2, 0) is 4.79 Å². The Labute approximate surface area is 104 Å². The first-order valence-corrected chi connectivity index (χ1v) is 6.92. The number of halogens is 1. The summed E-state index contributed by atoms with van der Waals surface area (Å²) >= 11 is 5.69. The van der Waals surface area contributed by atoms with Crippen molar-refractivity contribution in [2.45, 2.75) is 52.4 Å². The molecule has 1 aliphatic carbocycles. The van der Waals surface area contributed by atoms with Crippen molar-refractivity contribution < 1.29 is 4.79 Å². The molecule has 0 bridgehead atoms. The van der Waals surface area contributed by atoms with Gasteiger partial charge in [-0.3, -0.25) is 4.79 Å². The van der Waals surface area contributed by atoms with E-state index in [4.69, 9.17) is 11.6 Å². The lowest BCUT2D eigenvalue weighted by molar-refractivity contribution is -0.125. The van der Waals surface area contributed by atoms with E-state index in [0.717, 1.165) is 32.2 Å². The molecule has 1 fully saturated rings. The SMILES string of the molecule is CC(C)(CCCCl)CNC(=O)C1CCCC1. The smallest absolute Gasteiger partial charge is 0.223 e. The van der Waals surface area contributed by atoms with Crippen LogP contribution in [0.4, 0.5) is 0 Å². The fourth-order valence-electron chi connectivity index (χ4n) is 2.29. The highest BCUT2D eigenvalue weighted by molar-refractivity contribution is 6.17. The van der Waals surface area contributed by atoms with Gasteiger partial charge in [-0.25, -0.2) is 0 Å². The average molecular weight is 246 g/mol. The van der Waals surface area contributed by atoms with E-state index in [1.165, 1.54) is 12.8 Å². The van der Waals surface area contributed by atoms with Crippen molar-refractivity contribution in [1.29, 1.82) is 0 Å². The highest BCUT2D eigenvalue weighted by Crippen LogP contribution is 2.26. The van der Waals surface area contributed by atoms with Gasteiger partial charge in [0, 0.05) is 18.3 Å². The third-order valence-electron chi connectivity index (χ3n) is 3.45. The predicted octanol–water partition coefficient (Wildman–Crippen LogP) is 3.34. The van der Waals surface area contributed by atoms with E-state index in [0.29, 0.717) is 5.88 Å². The fourth-order valence-corrected chi connectivity index (χ4v) is 2.43. The van der Waals surface area contributed by atoms with Crippen LogP contribution in [0.1, 0.15) is 52.4 Å². The maximum atomic E-state index is 11.8. The van der Waals surface area contributed by atoms with Crippen molar-refractivity contribution in [1.82, 2.24) is 5.32 Å². The lowest BCUT2D eigenvalue weighted by atomic mass is 9.88. The average Bonchev–Trinajstić information content (AvgIpc) is 2.77. The van der Waals surface area contributed by atoms with Crippen LogP contribution in [0.3, 0.4) is 0 Å². The van der Waals surface area contributed by atoms with Gasteiger partial charge in [0.25, 0.3) is 0 Å². The van der Waals surface area contributed by atoms with Crippen molar-refractivity contribution in [3.05, 3.63) is 0 Å². The number of hydrogen-bond acceptors (Lipinski definition) is 1. The lowest BCUT2D eigenvalue weighted by Crippen LogP contribution is -2.37. The highest BCUT2D eigenvalue weighted by atomic mass is 35.5. The maximum Gasteiger partial charge on any atom is 0.223 e. The predicted molar refractivity (Wildman–Crippen MR) is 68.7 cm³/mol. The minimum atomic E-state index is 0.170. The Balaban J connectivity index is 2.24. The number of alkyl halides is 1. The Kier molecular flexibility index (Phi) is 5.60. The van der Waals surface area contributed by atoms with E-state index in [1.807, 2.05) is 0 Å². The van der Waals surface area contributed by atoms with Crippen LogP contribution in [0.15, 0.2) is 0 Å². The molecule has 16 heavy (non-hydrogen) atoms. The van der Waals surface area contributed by atoms with Gasteiger partial charge in [0.1, 0.15) is 0 Å². The van der Waals surface area contributed by atoms with Crippen LogP contribution in [0.5, 0.6) is 0 Å². The molecule has 0 aromatic heterocycles. The first-order valence-electron chi connectivity index (χ1n) is 6.39. The summed E-state index contributed by atoms with van der Waals surface area (Å²) in [6, 6.07) is 0. The lowest BCUT2D eigenvalue weighted by Gasteiger charge is -2.25. The van der Waals surface area contributed by atoms with Crippen LogP contribution in [-0.4, -0.2) is 18.3 Å². The Morgan fingerprint density at radius 2 is 2.00 bits per heavy atom. The molecule has 0 saturated heterocycles. The topological polar surface area (TPSA) is 29.1 Å². The minimum Gasteiger partial charge on any atom is -0.355 e. The van der Waals surface area contributed by atoms with Gasteiger partial charge in [-0.15, -0.1) is 11.6 Å². The van der Waals surface area contributed by atoms with Crippen LogP contribution >= 0.6 is 11.6 Å². The van der Waals surface area contributed by atoms with Gasteiger partial charge >= 0.3 is 0 Å². The van der Waals surface area contributed by atoms with Gasteiger partial charge in [0.2, 0.25) is 5.91 Å². The van der Waals surface area contributed by atoms with Crippen molar-refractivity contribution in [3.8, 4) is 0 Å². The summed E-state index contributed by atoms with van der Waals surface area (Å²) in [6.07, 6.45) is 6.68. The van der Waals surface area contributed by atoms with Crippen molar-refractivity contribution in [2.75, 3.05) is 12.4 Å². The zero-order valence-corrected chi connectivity index (χ0v) is 11.3. The molecule has 0 radical (unpaired) electrons. The van der Waals surface area contributed by atoms with Crippen LogP contribution < -0.4 is 5.32 Å². The maximum absolute atomic E-state index is 11.8. The van der Waals surface area contributed by atoms with Crippen molar-refractivity contribution in [2.24, 2.45) is 11.3 Å². The third-order valence-corrected chi connectivity index (χ3v) is 3.72. The second-order valence-corrected chi connectivity index (χ2v) is 6.03. The molecule has 3 heteroatoms. The second-order valence-electron chi connectivity index (χ2n) is 5.66. The standard InChI is InChI=1S/C13H24ClNO/c1-13(2,8-5-9-14)10-15-12(16)11-6-3-4-7-11/h11H,3-10H2,1-2H3,(H,15,16). The summed E-state index contributed by atoms with van der Waals surface area (Å²) in [5.41, 5.74) is 0.170. The Hall–Kier alpha value is -0.240. The molecule has 1 aliphatic rings. The molecule has 94 valence electrons. The summed E-state index contributed by atoms with van der Waals surface area (Å²) < 4.78 is 0. The van der Waals surface area contributed by atoms with E-state index < -0.39 is 0 Å². The summed E-state index contributed by atoms with van der Waals surface area (Å²) in [5, 5.41) is 3.09. The summed E-state index contributed by atoms with van der Waals surface area (Å²) in [5.74, 6) is 1.25. The van der Waals surface area contributed by atoms with Gasteiger partial charge in [-0.2, -0.15) is 0 Å². The summed E-state index contributed by atoms with van der Waals surface area (Å²) in [6.45, 7) is 5.15. The molecular weight excluding hydrogens is 222 g/mol. The van der Waals surface area contributed by atoms with E-state index in [-0.39, 0.29) is 17.2 Å². The zero-order valence-electron chi connectivity index (χ0n) is 10.5. The molecule has 0 heterocycles. The van der Waals surface area contributed by atoms with Crippen LogP contribution in [0, 0.1) is 11.3 Å². The number of carbonyl (C=O) groups is 1. The van der Waals surface area contributed by atoms with Gasteiger partial charge in [0.05, 0.1) is 0 Å². The molecule has 0 aliphatic heterocycles. The Morgan fingerprint density at radius 3 is 2.56 bits per heavy atom. The molecule has 0 unspecified atom stereocenters. The van der Waals surface area contributed by atoms with E-state index in [2.05, 4.69) is 19.2 Å². The minimum absolute atomic E-state index is 0.170. The molecule has 1 rings (SSSR count). The number of amides is 1. The molecule has 0 atom stereocenters. The number of nitrogens with one attached hydrogen (secondary N) is 1. The molecule has 0 aromatic carbocycles. The van der Waals surface area contributed by atoms with Gasteiger partial charge in [0.15, 0.2) is 0 Å². The van der Waals surface area contributed by atoms with Gasteiger partial charge < -0.3 is 5.32 Å². The molecule has 1 N–H and O–H groups in total.